The minimum absolute atomic E-state index is 0.0736. The normalized spacial score (nSPS) is 13.8. The lowest BCUT2D eigenvalue weighted by Crippen LogP contribution is -2.44. The number of carbonyl (C=O) groups excluding carboxylic acids is 1. The Labute approximate surface area is 117 Å². The van der Waals surface area contributed by atoms with Crippen LogP contribution in [0, 0.1) is 0 Å². The molecule has 0 spiro atoms. The van der Waals surface area contributed by atoms with Crippen LogP contribution in [0.15, 0.2) is 18.2 Å². The molecule has 6 heteroatoms. The number of aromatic carboxylic acids is 1. The molecule has 0 bridgehead atoms. The molecule has 2 amide bonds. The van der Waals surface area contributed by atoms with Crippen LogP contribution < -0.4 is 0 Å². The molecular formula is C14H18N2O4. The molecule has 0 saturated heterocycles. The number of likely N-dealkylation sites (N-methyl/N-ethyl adjacent to an activating group) is 1. The van der Waals surface area contributed by atoms with Gasteiger partial charge in [-0.1, -0.05) is 6.07 Å². The minimum atomic E-state index is -0.964. The number of amides is 2. The number of carboxylic acid groups (broad SMARTS) is 1. The summed E-state index contributed by atoms with van der Waals surface area (Å²) >= 11 is 0. The lowest BCUT2D eigenvalue weighted by atomic mass is 9.97. The molecule has 20 heavy (non-hydrogen) atoms. The number of aliphatic hydroxyl groups is 1. The second-order valence-electron chi connectivity index (χ2n) is 4.89. The number of hydrogen-bond acceptors (Lipinski definition) is 3. The lowest BCUT2D eigenvalue weighted by molar-refractivity contribution is 0.0696. The molecule has 1 aliphatic rings. The van der Waals surface area contributed by atoms with Gasteiger partial charge in [-0.2, -0.15) is 0 Å². The first kappa shape index (κ1) is 14.3. The van der Waals surface area contributed by atoms with Crippen LogP contribution in [0.1, 0.15) is 21.5 Å². The molecule has 0 atom stereocenters. The van der Waals surface area contributed by atoms with Crippen LogP contribution in [0.3, 0.4) is 0 Å². The Hall–Kier alpha value is -2.08. The van der Waals surface area contributed by atoms with Crippen molar-refractivity contribution in [2.24, 2.45) is 0 Å². The van der Waals surface area contributed by atoms with Crippen LogP contribution in [-0.2, 0) is 13.0 Å². The molecule has 1 heterocycles. The fraction of sp³-hybridized carbons (Fsp3) is 0.429. The lowest BCUT2D eigenvalue weighted by Gasteiger charge is -2.32. The predicted molar refractivity (Wildman–Crippen MR) is 72.6 cm³/mol. The number of nitrogens with zero attached hydrogens (tertiary/aromatic N) is 2. The van der Waals surface area contributed by atoms with E-state index < -0.39 is 5.97 Å². The molecule has 1 aromatic carbocycles. The largest absolute Gasteiger partial charge is 0.478 e. The van der Waals surface area contributed by atoms with Crippen molar-refractivity contribution < 1.29 is 19.8 Å². The first-order valence-corrected chi connectivity index (χ1v) is 6.49. The van der Waals surface area contributed by atoms with E-state index >= 15 is 0 Å². The average molecular weight is 278 g/mol. The van der Waals surface area contributed by atoms with Gasteiger partial charge in [0, 0.05) is 26.7 Å². The highest BCUT2D eigenvalue weighted by molar-refractivity contribution is 5.88. The predicted octanol–water partition coefficient (Wildman–Crippen LogP) is 0.787. The summed E-state index contributed by atoms with van der Waals surface area (Å²) in [6.07, 6.45) is 0.716. The van der Waals surface area contributed by atoms with E-state index in [1.54, 1.807) is 24.1 Å². The number of carboxylic acids is 1. The molecule has 108 valence electrons. The maximum absolute atomic E-state index is 12.1. The first-order valence-electron chi connectivity index (χ1n) is 6.49. The van der Waals surface area contributed by atoms with Crippen LogP contribution in [0.25, 0.3) is 0 Å². The standard InChI is InChI=1S/C14H18N2O4/c1-15(6-7-17)14(20)16-5-4-10-2-3-11(13(18)19)8-12(10)9-16/h2-3,8,17H,4-7,9H2,1H3,(H,18,19). The van der Waals surface area contributed by atoms with E-state index in [0.29, 0.717) is 19.5 Å². The number of rotatable bonds is 3. The molecule has 0 unspecified atom stereocenters. The Bertz CT molecular complexity index is 530. The Balaban J connectivity index is 2.15. The van der Waals surface area contributed by atoms with Crippen LogP contribution in [0.5, 0.6) is 0 Å². The summed E-state index contributed by atoms with van der Waals surface area (Å²) in [6.45, 7) is 1.23. The van der Waals surface area contributed by atoms with Crippen molar-refractivity contribution >= 4 is 12.0 Å². The van der Waals surface area contributed by atoms with Gasteiger partial charge in [0.05, 0.1) is 12.2 Å². The van der Waals surface area contributed by atoms with E-state index in [4.69, 9.17) is 10.2 Å². The van der Waals surface area contributed by atoms with Gasteiger partial charge in [-0.25, -0.2) is 9.59 Å². The number of aliphatic hydroxyl groups excluding tert-OH is 1. The second-order valence-corrected chi connectivity index (χ2v) is 4.89. The molecule has 0 aromatic heterocycles. The van der Waals surface area contributed by atoms with Crippen LogP contribution in [-0.4, -0.2) is 58.8 Å². The van der Waals surface area contributed by atoms with Gasteiger partial charge in [-0.05, 0) is 29.7 Å². The van der Waals surface area contributed by atoms with E-state index in [-0.39, 0.29) is 24.7 Å². The second kappa shape index (κ2) is 5.92. The van der Waals surface area contributed by atoms with Gasteiger partial charge in [0.1, 0.15) is 0 Å². The average Bonchev–Trinajstić information content (AvgIpc) is 2.45. The summed E-state index contributed by atoms with van der Waals surface area (Å²) in [5.41, 5.74) is 2.20. The van der Waals surface area contributed by atoms with Crippen molar-refractivity contribution in [1.82, 2.24) is 9.80 Å². The molecule has 0 radical (unpaired) electrons. The SMILES string of the molecule is CN(CCO)C(=O)N1CCc2ccc(C(=O)O)cc2C1. The smallest absolute Gasteiger partial charge is 0.335 e. The highest BCUT2D eigenvalue weighted by Gasteiger charge is 2.23. The highest BCUT2D eigenvalue weighted by atomic mass is 16.4. The first-order chi connectivity index (χ1) is 9.52. The highest BCUT2D eigenvalue weighted by Crippen LogP contribution is 2.21. The van der Waals surface area contributed by atoms with Gasteiger partial charge in [0.25, 0.3) is 0 Å². The van der Waals surface area contributed by atoms with Crippen molar-refractivity contribution in [3.8, 4) is 0 Å². The monoisotopic (exact) mass is 278 g/mol. The van der Waals surface area contributed by atoms with E-state index in [1.807, 2.05) is 6.07 Å². The molecule has 1 aromatic rings. The molecular weight excluding hydrogens is 260 g/mol. The fourth-order valence-electron chi connectivity index (χ4n) is 2.34. The zero-order valence-electron chi connectivity index (χ0n) is 11.4. The maximum Gasteiger partial charge on any atom is 0.335 e. The van der Waals surface area contributed by atoms with Crippen molar-refractivity contribution in [3.63, 3.8) is 0 Å². The molecule has 2 rings (SSSR count). The minimum Gasteiger partial charge on any atom is -0.478 e. The van der Waals surface area contributed by atoms with Gasteiger partial charge in [-0.3, -0.25) is 0 Å². The summed E-state index contributed by atoms with van der Waals surface area (Å²) in [6, 6.07) is 4.89. The number of carbonyl (C=O) groups is 2. The molecule has 0 saturated carbocycles. The molecule has 6 nitrogen and oxygen atoms in total. The van der Waals surface area contributed by atoms with Crippen LogP contribution >= 0.6 is 0 Å². The zero-order valence-corrected chi connectivity index (χ0v) is 11.4. The van der Waals surface area contributed by atoms with E-state index in [2.05, 4.69) is 0 Å². The van der Waals surface area contributed by atoms with Crippen molar-refractivity contribution in [3.05, 3.63) is 34.9 Å². The Kier molecular flexibility index (Phi) is 4.24. The summed E-state index contributed by atoms with van der Waals surface area (Å²) in [5.74, 6) is -0.964. The number of hydrogen-bond donors (Lipinski definition) is 2. The Morgan fingerprint density at radius 2 is 2.10 bits per heavy atom. The number of fused-ring (bicyclic) bond motifs is 1. The summed E-state index contributed by atoms with van der Waals surface area (Å²) in [4.78, 5) is 26.3. The van der Waals surface area contributed by atoms with Gasteiger partial charge in [-0.15, -0.1) is 0 Å². The van der Waals surface area contributed by atoms with Crippen molar-refractivity contribution in [2.75, 3.05) is 26.7 Å². The molecule has 0 fully saturated rings. The molecule has 1 aliphatic heterocycles. The Morgan fingerprint density at radius 1 is 1.35 bits per heavy atom. The summed E-state index contributed by atoms with van der Waals surface area (Å²) < 4.78 is 0. The van der Waals surface area contributed by atoms with Crippen molar-refractivity contribution in [1.29, 1.82) is 0 Å². The topological polar surface area (TPSA) is 81.1 Å². The number of benzene rings is 1. The zero-order chi connectivity index (χ0) is 14.7. The van der Waals surface area contributed by atoms with E-state index in [1.165, 1.54) is 4.90 Å². The van der Waals surface area contributed by atoms with Crippen molar-refractivity contribution in [2.45, 2.75) is 13.0 Å². The van der Waals surface area contributed by atoms with Gasteiger partial charge in [0.2, 0.25) is 0 Å². The van der Waals surface area contributed by atoms with E-state index in [0.717, 1.165) is 11.1 Å². The third kappa shape index (κ3) is 2.91. The fourth-order valence-corrected chi connectivity index (χ4v) is 2.34. The maximum atomic E-state index is 12.1. The summed E-state index contributed by atoms with van der Waals surface area (Å²) in [5, 5.41) is 17.9. The molecule has 2 N–H and O–H groups in total. The quantitative estimate of drug-likeness (QED) is 0.856. The number of urea groups is 1. The van der Waals surface area contributed by atoms with Crippen LogP contribution in [0.2, 0.25) is 0 Å². The third-order valence-electron chi connectivity index (χ3n) is 3.50. The van der Waals surface area contributed by atoms with E-state index in [9.17, 15) is 9.59 Å². The van der Waals surface area contributed by atoms with Gasteiger partial charge < -0.3 is 20.0 Å². The summed E-state index contributed by atoms with van der Waals surface area (Å²) in [7, 11) is 1.64. The Morgan fingerprint density at radius 3 is 2.75 bits per heavy atom. The molecule has 0 aliphatic carbocycles. The third-order valence-corrected chi connectivity index (χ3v) is 3.50. The van der Waals surface area contributed by atoms with Crippen LogP contribution in [0.4, 0.5) is 4.79 Å². The van der Waals surface area contributed by atoms with Gasteiger partial charge in [0.15, 0.2) is 0 Å². The van der Waals surface area contributed by atoms with Gasteiger partial charge >= 0.3 is 12.0 Å².